The fourth-order valence-corrected chi connectivity index (χ4v) is 22.9. The van der Waals surface area contributed by atoms with Gasteiger partial charge in [-0.3, -0.25) is 0 Å². The Morgan fingerprint density at radius 3 is 1.21 bits per heavy atom. The van der Waals surface area contributed by atoms with Gasteiger partial charge in [-0.05, 0) is 123 Å². The molecule has 0 aliphatic heterocycles. The maximum atomic E-state index is 6.39. The first kappa shape index (κ1) is 38.2. The van der Waals surface area contributed by atoms with Crippen LogP contribution in [0.5, 0.6) is 0 Å². The molecule has 0 aromatic carbocycles. The molecule has 0 amide bonds. The minimum Gasteiger partial charge on any atom is -0.162 e. The highest BCUT2D eigenvalue weighted by atomic mass is 32.9. The largest absolute Gasteiger partial charge is 0.162 e. The summed E-state index contributed by atoms with van der Waals surface area (Å²) >= 11 is 25.7. The molecule has 4 saturated carbocycles. The molecule has 6 atom stereocenters. The predicted octanol–water partition coefficient (Wildman–Crippen LogP) is 14.1. The molecule has 4 aliphatic rings. The molecule has 0 aromatic rings. The van der Waals surface area contributed by atoms with Crippen LogP contribution in [0.15, 0.2) is 0 Å². The minimum absolute atomic E-state index is 0.795. The molecule has 252 valence electrons. The van der Waals surface area contributed by atoms with Crippen LogP contribution in [0, 0.1) is 11.8 Å². The molecule has 0 aromatic heterocycles. The molecule has 7 heteroatoms. The summed E-state index contributed by atoms with van der Waals surface area (Å²) in [5, 5.41) is -2.98. The molecule has 0 heterocycles. The fourth-order valence-electron chi connectivity index (χ4n) is 9.50. The van der Waals surface area contributed by atoms with Gasteiger partial charge in [-0.2, -0.15) is 11.8 Å². The van der Waals surface area contributed by atoms with E-state index in [1.807, 2.05) is 0 Å². The number of rotatable bonds is 18. The average Bonchev–Trinajstić information content (AvgIpc) is 3.04. The van der Waals surface area contributed by atoms with Crippen molar-refractivity contribution in [3.8, 4) is 0 Å². The van der Waals surface area contributed by atoms with Gasteiger partial charge in [0, 0.05) is 10.5 Å². The molecular formula is C36H68P2S5. The Hall–Kier alpha value is 2.35. The van der Waals surface area contributed by atoms with Crippen LogP contribution in [0.3, 0.4) is 0 Å². The van der Waals surface area contributed by atoms with Gasteiger partial charge in [0.2, 0.25) is 0 Å². The van der Waals surface area contributed by atoms with E-state index in [1.54, 1.807) is 0 Å². The van der Waals surface area contributed by atoms with E-state index in [0.29, 0.717) is 0 Å². The summed E-state index contributed by atoms with van der Waals surface area (Å²) in [5.74, 6) is 4.55. The van der Waals surface area contributed by atoms with Crippen molar-refractivity contribution in [1.82, 2.24) is 0 Å². The Labute approximate surface area is 294 Å². The third-order valence-electron chi connectivity index (χ3n) is 12.1. The van der Waals surface area contributed by atoms with Crippen molar-refractivity contribution < 1.29 is 0 Å². The van der Waals surface area contributed by atoms with Gasteiger partial charge in [0.05, 0.1) is 0 Å². The van der Waals surface area contributed by atoms with Gasteiger partial charge < -0.3 is 0 Å². The summed E-state index contributed by atoms with van der Waals surface area (Å²) in [7, 11) is 0. The molecule has 4 rings (SSSR count). The molecule has 0 spiro atoms. The number of thioether (sulfide) groups is 1. The van der Waals surface area contributed by atoms with E-state index < -0.39 is 10.5 Å². The van der Waals surface area contributed by atoms with Crippen molar-refractivity contribution in [1.29, 1.82) is 0 Å². The third kappa shape index (κ3) is 12.3. The first-order chi connectivity index (χ1) is 20.9. The first-order valence-electron chi connectivity index (χ1n) is 19.1. The Morgan fingerprint density at radius 1 is 0.442 bits per heavy atom. The van der Waals surface area contributed by atoms with Gasteiger partial charge in [0.15, 0.2) is 0 Å². The van der Waals surface area contributed by atoms with E-state index in [4.69, 9.17) is 48.1 Å². The van der Waals surface area contributed by atoms with Crippen LogP contribution < -0.4 is 0 Å². The van der Waals surface area contributed by atoms with E-state index in [2.05, 4.69) is 11.8 Å². The zero-order valence-corrected chi connectivity index (χ0v) is 33.7. The topological polar surface area (TPSA) is 0 Å². The van der Waals surface area contributed by atoms with E-state index in [1.165, 1.54) is 191 Å². The van der Waals surface area contributed by atoms with E-state index in [-0.39, 0.29) is 0 Å². The van der Waals surface area contributed by atoms with Gasteiger partial charge in [-0.15, -0.1) is 24.5 Å². The Kier molecular flexibility index (Phi) is 18.4. The lowest BCUT2D eigenvalue weighted by atomic mass is 9.85. The smallest absolute Gasteiger partial charge is 0.00958 e. The number of hydrogen-bond donors (Lipinski definition) is 2. The molecule has 0 N–H and O–H groups in total. The lowest BCUT2D eigenvalue weighted by Gasteiger charge is -2.42. The van der Waals surface area contributed by atoms with Gasteiger partial charge in [0.1, 0.15) is 0 Å². The highest BCUT2D eigenvalue weighted by Crippen LogP contribution is 2.69. The zero-order chi connectivity index (χ0) is 30.4. The number of hydrogen-bond acceptors (Lipinski definition) is 3. The zero-order valence-electron chi connectivity index (χ0n) is 27.7. The van der Waals surface area contributed by atoms with Gasteiger partial charge in [-0.1, -0.05) is 126 Å². The molecule has 0 nitrogen and oxygen atoms in total. The summed E-state index contributed by atoms with van der Waals surface area (Å²) < 4.78 is 0. The van der Waals surface area contributed by atoms with Crippen LogP contribution in [0.4, 0.5) is 0 Å². The lowest BCUT2D eigenvalue weighted by Crippen LogP contribution is -2.28. The lowest BCUT2D eigenvalue weighted by molar-refractivity contribution is 0.334. The van der Waals surface area contributed by atoms with Gasteiger partial charge >= 0.3 is 0 Å². The molecule has 0 radical (unpaired) electrons. The molecule has 4 fully saturated rings. The second kappa shape index (κ2) is 20.8. The molecule has 43 heavy (non-hydrogen) atoms. The van der Waals surface area contributed by atoms with Crippen LogP contribution in [-0.4, -0.2) is 34.1 Å². The maximum absolute atomic E-state index is 6.39. The van der Waals surface area contributed by atoms with E-state index in [0.717, 1.165) is 34.5 Å². The Morgan fingerprint density at radius 2 is 0.791 bits per heavy atom. The standard InChI is InChI=1S/C36H68P2S5/c39-37(40,33-23-9-5-10-24-33)35-27-15-13-21-31(35)19-7-1-3-17-29-43-30-18-4-2-8-20-32-22-14-16-28-36(32)38(41,42)34-25-11-6-12-26-34/h31-36H,1-30H2,(H,39,40)(H,41,42). The van der Waals surface area contributed by atoms with Crippen LogP contribution >= 0.6 is 46.7 Å². The van der Waals surface area contributed by atoms with Gasteiger partial charge in [-0.25, -0.2) is 0 Å². The Bertz CT molecular complexity index is 785. The summed E-state index contributed by atoms with van der Waals surface area (Å²) in [6.45, 7) is 0. The normalized spacial score (nSPS) is 30.9. The van der Waals surface area contributed by atoms with Crippen LogP contribution in [0.2, 0.25) is 0 Å². The first-order valence-corrected chi connectivity index (χ1v) is 28.5. The third-order valence-corrected chi connectivity index (χ3v) is 26.8. The summed E-state index contributed by atoms with van der Waals surface area (Å²) in [6, 6.07) is 0. The molecule has 6 unspecified atom stereocenters. The Balaban J connectivity index is 0.999. The van der Waals surface area contributed by atoms with Crippen molar-refractivity contribution in [2.45, 2.75) is 202 Å². The predicted molar refractivity (Wildman–Crippen MR) is 215 cm³/mol. The second-order valence-electron chi connectivity index (χ2n) is 15.2. The fraction of sp³-hybridized carbons (Fsp3) is 1.00. The minimum atomic E-state index is -1.49. The summed E-state index contributed by atoms with van der Waals surface area (Å²) in [5.41, 5.74) is 3.18. The van der Waals surface area contributed by atoms with Crippen molar-refractivity contribution in [2.75, 3.05) is 11.5 Å². The van der Waals surface area contributed by atoms with E-state index in [9.17, 15) is 0 Å². The van der Waals surface area contributed by atoms with Crippen molar-refractivity contribution >= 4 is 70.4 Å². The summed E-state index contributed by atoms with van der Waals surface area (Å²) in [6.07, 6.45) is 39.8. The SMILES string of the molecule is S=P(S)(C1CCCCC1)C1CCCCC1CCCCCCSCCCCCCC1CCCCC1P(=S)(S)C1CCCCC1. The maximum Gasteiger partial charge on any atom is 0.00958 e. The summed E-state index contributed by atoms with van der Waals surface area (Å²) in [4.78, 5) is 0. The van der Waals surface area contributed by atoms with Crippen molar-refractivity contribution in [3.05, 3.63) is 0 Å². The molecular weight excluding hydrogens is 655 g/mol. The highest BCUT2D eigenvalue weighted by Gasteiger charge is 2.40. The van der Waals surface area contributed by atoms with Gasteiger partial charge in [0.25, 0.3) is 0 Å². The number of unbranched alkanes of at least 4 members (excludes halogenated alkanes) is 6. The van der Waals surface area contributed by atoms with Crippen molar-refractivity contribution in [2.24, 2.45) is 11.8 Å². The second-order valence-corrected chi connectivity index (χ2v) is 31.1. The highest BCUT2D eigenvalue weighted by molar-refractivity contribution is 8.64. The number of thiol groups is 2. The molecule has 0 saturated heterocycles. The van der Waals surface area contributed by atoms with Crippen LogP contribution in [0.1, 0.15) is 180 Å². The quantitative estimate of drug-likeness (QED) is 0.0822. The van der Waals surface area contributed by atoms with E-state index >= 15 is 0 Å². The molecule has 4 aliphatic carbocycles. The van der Waals surface area contributed by atoms with Crippen molar-refractivity contribution in [3.63, 3.8) is 0 Å². The molecule has 0 bridgehead atoms. The van der Waals surface area contributed by atoms with Crippen LogP contribution in [-0.2, 0) is 23.6 Å². The average molecular weight is 723 g/mol. The van der Waals surface area contributed by atoms with Crippen LogP contribution in [0.25, 0.3) is 0 Å². The monoisotopic (exact) mass is 722 g/mol.